The summed E-state index contributed by atoms with van der Waals surface area (Å²) in [6.07, 6.45) is 0. The highest BCUT2D eigenvalue weighted by Crippen LogP contribution is 2.39. The summed E-state index contributed by atoms with van der Waals surface area (Å²) in [5.41, 5.74) is 8.11. The lowest BCUT2D eigenvalue weighted by molar-refractivity contribution is 0.954. The maximum absolute atomic E-state index is 5.62. The van der Waals surface area contributed by atoms with Gasteiger partial charge in [-0.15, -0.1) is 0 Å². The van der Waals surface area contributed by atoms with Crippen LogP contribution in [-0.2, 0) is 0 Å². The summed E-state index contributed by atoms with van der Waals surface area (Å²) < 4.78 is 2.19. The second-order valence-corrected chi connectivity index (χ2v) is 30.9. The predicted octanol–water partition coefficient (Wildman–Crippen LogP) is 13.9. The highest BCUT2D eigenvalue weighted by atomic mass is 28.3. The highest BCUT2D eigenvalue weighted by Gasteiger charge is 2.43. The molecule has 3 aromatic heterocycles. The third-order valence-electron chi connectivity index (χ3n) is 18.0. The van der Waals surface area contributed by atoms with Crippen LogP contribution in [0.25, 0.3) is 95.8 Å². The molecule has 0 saturated heterocycles. The molecule has 7 nitrogen and oxygen atoms in total. The smallest absolute Gasteiger partial charge is 0.238 e. The van der Waals surface area contributed by atoms with Crippen LogP contribution in [0.4, 0.5) is 0 Å². The fraction of sp³-hybridized carbons (Fsp3) is 0. The summed E-state index contributed by atoms with van der Waals surface area (Å²) in [6, 6.07) is 128. The summed E-state index contributed by atoms with van der Waals surface area (Å²) >= 11 is 0. The first kappa shape index (κ1) is 56.4. The molecule has 0 aliphatic rings. The first-order valence-corrected chi connectivity index (χ1v) is 35.4. The van der Waals surface area contributed by atoms with Crippen LogP contribution >= 0.6 is 0 Å². The Balaban J connectivity index is 0.894. The van der Waals surface area contributed by atoms with Crippen LogP contribution in [-0.4, -0.2) is 50.6 Å². The molecule has 0 spiro atoms. The average molecular weight is 1220 g/mol. The van der Waals surface area contributed by atoms with Crippen molar-refractivity contribution in [3.63, 3.8) is 0 Å². The molecule has 9 heteroatoms. The van der Waals surface area contributed by atoms with E-state index in [-0.39, 0.29) is 0 Å². The van der Waals surface area contributed by atoms with E-state index in [4.69, 9.17) is 29.9 Å². The number of nitrogens with zero attached hydrogens (tertiary/aromatic N) is 7. The standard InChI is InChI=1S/C84H59N7Si2/c1-8-32-60(33-9-1)79-85-80(61-34-30-48-69(58-61)92(63-36-10-2-11-37-63,64-38-12-3-13-39-64)65-40-14-4-15-41-65)87-82(86-79)75-54-24-22-50-71(75)72-51-23-25-55-76(72)83-88-81(89-84(90-83)91-77-56-28-26-52-73(77)74-53-27-29-57-78(74)91)62-35-31-49-70(59-62)93(66-42-16-5-17-43-66,67-44-18-6-19-45-67)68-46-20-7-21-47-68/h1-59H. The molecular weight excluding hydrogens is 1160 g/mol. The maximum atomic E-state index is 5.62. The van der Waals surface area contributed by atoms with Crippen molar-refractivity contribution < 1.29 is 0 Å². The van der Waals surface area contributed by atoms with Gasteiger partial charge in [-0.1, -0.05) is 346 Å². The molecule has 0 bridgehead atoms. The zero-order chi connectivity index (χ0) is 62.0. The van der Waals surface area contributed by atoms with Gasteiger partial charge in [0.25, 0.3) is 0 Å². The minimum atomic E-state index is -2.97. The molecule has 16 rings (SSSR count). The van der Waals surface area contributed by atoms with Crippen LogP contribution in [0.5, 0.6) is 0 Å². The van der Waals surface area contributed by atoms with Crippen molar-refractivity contribution in [2.24, 2.45) is 0 Å². The predicted molar refractivity (Wildman–Crippen MR) is 387 cm³/mol. The van der Waals surface area contributed by atoms with E-state index >= 15 is 0 Å². The molecule has 0 amide bonds. The quantitative estimate of drug-likeness (QED) is 0.0751. The highest BCUT2D eigenvalue weighted by molar-refractivity contribution is 7.20. The number of aromatic nitrogens is 7. The summed E-state index contributed by atoms with van der Waals surface area (Å²) in [6.45, 7) is 0. The molecule has 0 saturated carbocycles. The van der Waals surface area contributed by atoms with Crippen LogP contribution in [0.2, 0.25) is 0 Å². The molecule has 0 atom stereocenters. The van der Waals surface area contributed by atoms with Gasteiger partial charge in [0.1, 0.15) is 0 Å². The minimum Gasteiger partial charge on any atom is -0.278 e. The van der Waals surface area contributed by atoms with Gasteiger partial charge in [-0.3, -0.25) is 4.57 Å². The normalized spacial score (nSPS) is 11.7. The van der Waals surface area contributed by atoms with Gasteiger partial charge in [-0.05, 0) is 64.8 Å². The topological polar surface area (TPSA) is 82.3 Å². The van der Waals surface area contributed by atoms with Gasteiger partial charge in [0, 0.05) is 38.6 Å². The number of benzene rings is 13. The zero-order valence-corrected chi connectivity index (χ0v) is 52.7. The van der Waals surface area contributed by atoms with Crippen molar-refractivity contribution in [2.45, 2.75) is 0 Å². The SMILES string of the molecule is c1ccc(-c2nc(-c3cccc([Si](c4ccccc4)(c4ccccc4)c4ccccc4)c3)nc(-c3ccccc3-c3ccccc3-c3nc(-c4cccc([Si](c5ccccc5)(c5ccccc5)c5ccccc5)c4)nc(-n4c5ccccc5c5ccccc54)n3)n2)cc1. The van der Waals surface area contributed by atoms with E-state index in [1.54, 1.807) is 0 Å². The molecule has 0 aliphatic heterocycles. The lowest BCUT2D eigenvalue weighted by Crippen LogP contribution is -2.74. The molecule has 3 heterocycles. The second kappa shape index (κ2) is 24.5. The number of para-hydroxylation sites is 2. The van der Waals surface area contributed by atoms with Crippen molar-refractivity contribution in [1.29, 1.82) is 0 Å². The van der Waals surface area contributed by atoms with E-state index in [0.29, 0.717) is 35.1 Å². The van der Waals surface area contributed by atoms with Gasteiger partial charge >= 0.3 is 0 Å². The number of hydrogen-bond acceptors (Lipinski definition) is 6. The summed E-state index contributed by atoms with van der Waals surface area (Å²) in [7, 11) is -5.90. The Labute approximate surface area is 542 Å². The summed E-state index contributed by atoms with van der Waals surface area (Å²) in [5.74, 6) is 3.25. The number of fused-ring (bicyclic) bond motifs is 3. The third kappa shape index (κ3) is 10.1. The molecular formula is C84H59N7Si2. The fourth-order valence-corrected chi connectivity index (χ4v) is 23.5. The van der Waals surface area contributed by atoms with Gasteiger partial charge in [-0.25, -0.2) is 19.9 Å². The summed E-state index contributed by atoms with van der Waals surface area (Å²) in [5, 5.41) is 12.3. The molecule has 0 aliphatic carbocycles. The maximum Gasteiger partial charge on any atom is 0.238 e. The number of rotatable bonds is 15. The molecule has 0 radical (unpaired) electrons. The van der Waals surface area contributed by atoms with Crippen molar-refractivity contribution >= 4 is 79.4 Å². The number of hydrogen-bond donors (Lipinski definition) is 0. The van der Waals surface area contributed by atoms with Crippen LogP contribution in [0.3, 0.4) is 0 Å². The molecule has 0 unspecified atom stereocenters. The van der Waals surface area contributed by atoms with E-state index in [0.717, 1.165) is 60.8 Å². The van der Waals surface area contributed by atoms with Crippen molar-refractivity contribution in [3.8, 4) is 74.0 Å². The lowest BCUT2D eigenvalue weighted by Gasteiger charge is -2.34. The zero-order valence-electron chi connectivity index (χ0n) is 50.7. The van der Waals surface area contributed by atoms with Gasteiger partial charge in [0.2, 0.25) is 5.95 Å². The van der Waals surface area contributed by atoms with E-state index in [2.05, 4.69) is 344 Å². The van der Waals surface area contributed by atoms with E-state index in [1.807, 2.05) is 18.2 Å². The fourth-order valence-electron chi connectivity index (χ4n) is 13.9. The molecule has 0 N–H and O–H groups in total. The van der Waals surface area contributed by atoms with Gasteiger partial charge in [0.15, 0.2) is 45.3 Å². The Morgan fingerprint density at radius 1 is 0.194 bits per heavy atom. The average Bonchev–Trinajstić information content (AvgIpc) is 1.71. The van der Waals surface area contributed by atoms with Gasteiger partial charge in [-0.2, -0.15) is 9.97 Å². The molecule has 93 heavy (non-hydrogen) atoms. The Kier molecular flexibility index (Phi) is 14.8. The molecule has 16 aromatic rings. The Hall–Kier alpha value is -11.9. The van der Waals surface area contributed by atoms with Crippen molar-refractivity contribution in [3.05, 3.63) is 358 Å². The minimum absolute atomic E-state index is 0.509. The van der Waals surface area contributed by atoms with Crippen LogP contribution in [0.1, 0.15) is 0 Å². The van der Waals surface area contributed by atoms with E-state index in [1.165, 1.54) is 41.5 Å². The van der Waals surface area contributed by atoms with Crippen molar-refractivity contribution in [1.82, 2.24) is 34.5 Å². The van der Waals surface area contributed by atoms with Crippen molar-refractivity contribution in [2.75, 3.05) is 0 Å². The van der Waals surface area contributed by atoms with Gasteiger partial charge in [0.05, 0.1) is 11.0 Å². The van der Waals surface area contributed by atoms with Crippen LogP contribution in [0, 0.1) is 0 Å². The Morgan fingerprint density at radius 2 is 0.452 bits per heavy atom. The largest absolute Gasteiger partial charge is 0.278 e. The monoisotopic (exact) mass is 1220 g/mol. The molecule has 13 aromatic carbocycles. The lowest BCUT2D eigenvalue weighted by atomic mass is 9.94. The summed E-state index contributed by atoms with van der Waals surface area (Å²) in [4.78, 5) is 33.1. The Morgan fingerprint density at radius 3 is 0.839 bits per heavy atom. The van der Waals surface area contributed by atoms with E-state index < -0.39 is 16.1 Å². The van der Waals surface area contributed by atoms with Gasteiger partial charge < -0.3 is 0 Å². The first-order valence-electron chi connectivity index (χ1n) is 31.4. The van der Waals surface area contributed by atoms with Crippen LogP contribution in [0.15, 0.2) is 358 Å². The van der Waals surface area contributed by atoms with Crippen LogP contribution < -0.4 is 41.5 Å². The first-order chi connectivity index (χ1) is 46.1. The molecule has 0 fully saturated rings. The molecule has 438 valence electrons. The van der Waals surface area contributed by atoms with E-state index in [9.17, 15) is 0 Å². The third-order valence-corrected chi connectivity index (χ3v) is 27.6. The second-order valence-electron chi connectivity index (χ2n) is 23.3. The Bertz CT molecular complexity index is 5080.